The highest BCUT2D eigenvalue weighted by atomic mass is 35.5. The minimum absolute atomic E-state index is 0.329. The Morgan fingerprint density at radius 2 is 1.88 bits per heavy atom. The molecule has 4 aromatic rings. The van der Waals surface area contributed by atoms with Crippen LogP contribution in [0.4, 0.5) is 0 Å². The molecule has 9 heteroatoms. The van der Waals surface area contributed by atoms with Crippen molar-refractivity contribution < 1.29 is 9.47 Å². The second kappa shape index (κ2) is 8.84. The predicted molar refractivity (Wildman–Crippen MR) is 127 cm³/mol. The van der Waals surface area contributed by atoms with Crippen molar-refractivity contribution in [2.24, 2.45) is 5.73 Å². The summed E-state index contributed by atoms with van der Waals surface area (Å²) < 4.78 is 14.0. The van der Waals surface area contributed by atoms with Crippen LogP contribution in [0.2, 0.25) is 5.02 Å². The fourth-order valence-electron chi connectivity index (χ4n) is 3.66. The van der Waals surface area contributed by atoms with Crippen LogP contribution in [0.1, 0.15) is 23.6 Å². The highest BCUT2D eigenvalue weighted by molar-refractivity contribution is 7.13. The molecule has 164 valence electrons. The van der Waals surface area contributed by atoms with Crippen molar-refractivity contribution in [2.45, 2.75) is 30.7 Å². The molecule has 1 aliphatic heterocycles. The molecule has 1 aliphatic rings. The van der Waals surface area contributed by atoms with Gasteiger partial charge in [-0.2, -0.15) is 0 Å². The van der Waals surface area contributed by atoms with Crippen LogP contribution in [-0.4, -0.2) is 26.0 Å². The largest absolute Gasteiger partial charge is 0.438 e. The summed E-state index contributed by atoms with van der Waals surface area (Å²) in [7, 11) is 0. The Kier molecular flexibility index (Phi) is 5.92. The number of halogens is 2. The van der Waals surface area contributed by atoms with Crippen molar-refractivity contribution in [3.8, 4) is 22.2 Å². The number of rotatable bonds is 5. The van der Waals surface area contributed by atoms with Crippen molar-refractivity contribution in [1.82, 2.24) is 14.5 Å². The third kappa shape index (κ3) is 4.27. The SMILES string of the molecule is Cc1cn(C2OC(c3ccc(Oc4csc(-c5ccc(Cl)cc5)n4)cc3)[C@@H](Cl)C2N)cn1. The Labute approximate surface area is 199 Å². The lowest BCUT2D eigenvalue weighted by molar-refractivity contribution is -0.00328. The summed E-state index contributed by atoms with van der Waals surface area (Å²) in [6.07, 6.45) is 2.93. The van der Waals surface area contributed by atoms with Gasteiger partial charge in [-0.3, -0.25) is 0 Å². The van der Waals surface area contributed by atoms with E-state index >= 15 is 0 Å². The molecule has 4 atom stereocenters. The van der Waals surface area contributed by atoms with E-state index in [0.29, 0.717) is 16.7 Å². The van der Waals surface area contributed by atoms with Gasteiger partial charge >= 0.3 is 0 Å². The Morgan fingerprint density at radius 3 is 2.56 bits per heavy atom. The number of alkyl halides is 1. The zero-order chi connectivity index (χ0) is 22.2. The number of aryl methyl sites for hydroxylation is 1. The van der Waals surface area contributed by atoms with Crippen molar-refractivity contribution in [3.05, 3.63) is 82.7 Å². The summed E-state index contributed by atoms with van der Waals surface area (Å²) in [6.45, 7) is 1.92. The lowest BCUT2D eigenvalue weighted by Gasteiger charge is -2.16. The number of thiazole rings is 1. The monoisotopic (exact) mass is 486 g/mol. The van der Waals surface area contributed by atoms with Crippen LogP contribution < -0.4 is 10.5 Å². The summed E-state index contributed by atoms with van der Waals surface area (Å²) >= 11 is 14.1. The molecule has 32 heavy (non-hydrogen) atoms. The van der Waals surface area contributed by atoms with Gasteiger partial charge in [0.05, 0.1) is 28.8 Å². The first-order valence-electron chi connectivity index (χ1n) is 10.0. The Hall–Kier alpha value is -2.42. The van der Waals surface area contributed by atoms with Gasteiger partial charge in [0, 0.05) is 16.8 Å². The van der Waals surface area contributed by atoms with Gasteiger partial charge in [0.1, 0.15) is 16.9 Å². The van der Waals surface area contributed by atoms with E-state index < -0.39 is 0 Å². The molecular weight excluding hydrogens is 467 g/mol. The minimum Gasteiger partial charge on any atom is -0.438 e. The molecule has 0 bridgehead atoms. The number of ether oxygens (including phenoxy) is 2. The van der Waals surface area contributed by atoms with Gasteiger partial charge in [0.15, 0.2) is 6.23 Å². The van der Waals surface area contributed by atoms with Crippen LogP contribution in [0.15, 0.2) is 66.4 Å². The van der Waals surface area contributed by atoms with Crippen LogP contribution in [0, 0.1) is 6.92 Å². The molecule has 6 nitrogen and oxygen atoms in total. The highest BCUT2D eigenvalue weighted by Crippen LogP contribution is 2.41. The van der Waals surface area contributed by atoms with Crippen LogP contribution in [0.25, 0.3) is 10.6 Å². The van der Waals surface area contributed by atoms with Gasteiger partial charge in [-0.15, -0.1) is 22.9 Å². The zero-order valence-corrected chi connectivity index (χ0v) is 19.4. The molecule has 0 amide bonds. The Balaban J connectivity index is 1.28. The van der Waals surface area contributed by atoms with Crippen molar-refractivity contribution in [2.75, 3.05) is 0 Å². The van der Waals surface area contributed by atoms with E-state index in [9.17, 15) is 0 Å². The second-order valence-electron chi connectivity index (χ2n) is 7.60. The quantitative estimate of drug-likeness (QED) is 0.352. The predicted octanol–water partition coefficient (Wildman–Crippen LogP) is 5.97. The van der Waals surface area contributed by atoms with E-state index in [1.807, 2.05) is 71.6 Å². The highest BCUT2D eigenvalue weighted by Gasteiger charge is 2.43. The number of benzene rings is 2. The third-order valence-corrected chi connectivity index (χ3v) is 6.94. The van der Waals surface area contributed by atoms with Crippen LogP contribution >= 0.6 is 34.5 Å². The third-order valence-electron chi connectivity index (χ3n) is 5.30. The molecule has 1 fully saturated rings. The summed E-state index contributed by atoms with van der Waals surface area (Å²) in [5, 5.41) is 3.07. The van der Waals surface area contributed by atoms with Crippen molar-refractivity contribution >= 4 is 34.5 Å². The van der Waals surface area contributed by atoms with E-state index in [1.54, 1.807) is 6.33 Å². The maximum atomic E-state index is 6.62. The van der Waals surface area contributed by atoms with Gasteiger partial charge in [-0.1, -0.05) is 35.9 Å². The summed E-state index contributed by atoms with van der Waals surface area (Å²) in [5.74, 6) is 1.22. The van der Waals surface area contributed by atoms with Gasteiger partial charge < -0.3 is 19.8 Å². The van der Waals surface area contributed by atoms with Crippen LogP contribution in [-0.2, 0) is 4.74 Å². The smallest absolute Gasteiger partial charge is 0.230 e. The number of imidazole rings is 1. The fourth-order valence-corrected chi connectivity index (χ4v) is 4.85. The minimum atomic E-state index is -0.366. The summed E-state index contributed by atoms with van der Waals surface area (Å²) in [5.41, 5.74) is 9.17. The number of nitrogens with zero attached hydrogens (tertiary/aromatic N) is 3. The van der Waals surface area contributed by atoms with Crippen molar-refractivity contribution in [1.29, 1.82) is 0 Å². The van der Waals surface area contributed by atoms with E-state index in [-0.39, 0.29) is 23.8 Å². The average molecular weight is 487 g/mol. The van der Waals surface area contributed by atoms with E-state index in [4.69, 9.17) is 38.4 Å². The lowest BCUT2D eigenvalue weighted by Crippen LogP contribution is -2.34. The van der Waals surface area contributed by atoms with Crippen LogP contribution in [0.3, 0.4) is 0 Å². The van der Waals surface area contributed by atoms with E-state index in [2.05, 4.69) is 9.97 Å². The summed E-state index contributed by atoms with van der Waals surface area (Å²) in [6, 6.07) is 14.8. The summed E-state index contributed by atoms with van der Waals surface area (Å²) in [4.78, 5) is 8.81. The lowest BCUT2D eigenvalue weighted by atomic mass is 10.0. The molecule has 2 N–H and O–H groups in total. The first-order valence-corrected chi connectivity index (χ1v) is 11.7. The molecule has 0 saturated carbocycles. The van der Waals surface area contributed by atoms with E-state index in [1.165, 1.54) is 11.3 Å². The molecule has 1 saturated heterocycles. The number of hydrogen-bond acceptors (Lipinski definition) is 6. The standard InChI is InChI=1S/C23H20Cl2N4O2S/c1-13-10-29(12-27-13)23-20(26)19(25)21(31-23)14-4-8-17(9-5-14)30-18-11-32-22(28-18)15-2-6-16(24)7-3-15/h2-12,19-21,23H,26H2,1H3/t19-,20?,21?,23?/m0/s1. The van der Waals surface area contributed by atoms with Gasteiger partial charge in [-0.25, -0.2) is 9.97 Å². The number of nitrogens with two attached hydrogens (primary N) is 1. The van der Waals surface area contributed by atoms with Gasteiger partial charge in [-0.05, 0) is 36.8 Å². The average Bonchev–Trinajstić information content (AvgIpc) is 3.50. The van der Waals surface area contributed by atoms with Crippen molar-refractivity contribution in [3.63, 3.8) is 0 Å². The molecule has 3 unspecified atom stereocenters. The molecule has 5 rings (SSSR count). The number of hydrogen-bond donors (Lipinski definition) is 1. The van der Waals surface area contributed by atoms with Gasteiger partial charge in [0.25, 0.3) is 0 Å². The molecule has 0 radical (unpaired) electrons. The number of aromatic nitrogens is 3. The Bertz CT molecular complexity index is 1210. The zero-order valence-electron chi connectivity index (χ0n) is 17.1. The fraction of sp³-hybridized carbons (Fsp3) is 0.217. The first kappa shape index (κ1) is 21.4. The molecule has 2 aromatic heterocycles. The molecule has 0 spiro atoms. The second-order valence-corrected chi connectivity index (χ2v) is 9.40. The van der Waals surface area contributed by atoms with E-state index in [0.717, 1.165) is 21.8 Å². The molecular formula is C23H20Cl2N4O2S. The topological polar surface area (TPSA) is 75.2 Å². The molecule has 0 aliphatic carbocycles. The van der Waals surface area contributed by atoms with Crippen LogP contribution in [0.5, 0.6) is 11.6 Å². The Morgan fingerprint density at radius 1 is 1.12 bits per heavy atom. The first-order chi connectivity index (χ1) is 15.5. The molecule has 2 aromatic carbocycles. The maximum absolute atomic E-state index is 6.62. The van der Waals surface area contributed by atoms with Gasteiger partial charge in [0.2, 0.25) is 5.88 Å². The maximum Gasteiger partial charge on any atom is 0.230 e. The normalized spacial score (nSPS) is 22.9. The molecule has 3 heterocycles.